The van der Waals surface area contributed by atoms with Gasteiger partial charge in [-0.2, -0.15) is 0 Å². The maximum atomic E-state index is 11.8. The highest BCUT2D eigenvalue weighted by atomic mass is 16.6. The van der Waals surface area contributed by atoms with Gasteiger partial charge in [0.25, 0.3) is 0 Å². The van der Waals surface area contributed by atoms with Crippen LogP contribution in [0.4, 0.5) is 0 Å². The molecule has 2 aliphatic heterocycles. The van der Waals surface area contributed by atoms with E-state index in [1.54, 1.807) is 0 Å². The van der Waals surface area contributed by atoms with E-state index in [9.17, 15) is 9.59 Å². The monoisotopic (exact) mass is 306 g/mol. The first-order valence-corrected chi connectivity index (χ1v) is 7.78. The minimum absolute atomic E-state index is 0.0143. The molecule has 4 atom stereocenters. The number of fused-ring (bicyclic) bond motifs is 2. The van der Waals surface area contributed by atoms with Crippen LogP contribution >= 0.6 is 0 Å². The molecule has 2 heterocycles. The zero-order valence-corrected chi connectivity index (χ0v) is 13.1. The molecule has 0 spiro atoms. The fraction of sp³-hybridized carbons (Fsp3) is 0.647. The van der Waals surface area contributed by atoms with Gasteiger partial charge in [-0.15, -0.1) is 0 Å². The first-order valence-electron chi connectivity index (χ1n) is 7.78. The Morgan fingerprint density at radius 1 is 1.55 bits per heavy atom. The molecule has 0 amide bonds. The van der Waals surface area contributed by atoms with Crippen molar-refractivity contribution in [3.05, 3.63) is 23.8 Å². The molecule has 22 heavy (non-hydrogen) atoms. The molecular formula is C17H22O5. The Morgan fingerprint density at radius 3 is 3.05 bits per heavy atom. The number of carbonyl (C=O) groups excluding carboxylic acids is 2. The van der Waals surface area contributed by atoms with Crippen molar-refractivity contribution in [3.8, 4) is 0 Å². The SMILES string of the molecule is C=C1C(=O)O[C@H]2C[C@]3(C)O[C@@H]3CC/C(COC(C)=O)=C/C[C@H]12. The number of carbonyl (C=O) groups is 2. The number of epoxide rings is 1. The third kappa shape index (κ3) is 2.95. The first-order chi connectivity index (χ1) is 10.4. The molecule has 0 aromatic carbocycles. The van der Waals surface area contributed by atoms with E-state index >= 15 is 0 Å². The largest absolute Gasteiger partial charge is 0.461 e. The quantitative estimate of drug-likeness (QED) is 0.339. The standard InChI is InChI=1S/C17H22O5/c1-10-13-6-4-12(9-20-11(2)18)5-7-15-17(3,22-15)8-14(13)21-16(10)19/h4,13-15H,1,5-9H2,2-3H3/b12-4-/t13-,14+,15-,17+/m1/s1. The third-order valence-corrected chi connectivity index (χ3v) is 4.91. The predicted octanol–water partition coefficient (Wildman–Crippen LogP) is 2.31. The second-order valence-corrected chi connectivity index (χ2v) is 6.62. The fourth-order valence-corrected chi connectivity index (χ4v) is 3.42. The topological polar surface area (TPSA) is 65.1 Å². The van der Waals surface area contributed by atoms with Gasteiger partial charge < -0.3 is 14.2 Å². The minimum Gasteiger partial charge on any atom is -0.461 e. The van der Waals surface area contributed by atoms with Gasteiger partial charge in [-0.1, -0.05) is 12.7 Å². The first kappa shape index (κ1) is 15.3. The van der Waals surface area contributed by atoms with Gasteiger partial charge in [0, 0.05) is 24.8 Å². The molecule has 0 unspecified atom stereocenters. The van der Waals surface area contributed by atoms with E-state index in [4.69, 9.17) is 14.2 Å². The summed E-state index contributed by atoms with van der Waals surface area (Å²) in [7, 11) is 0. The molecule has 2 saturated heterocycles. The van der Waals surface area contributed by atoms with Gasteiger partial charge in [0.15, 0.2) is 0 Å². The van der Waals surface area contributed by atoms with Gasteiger partial charge in [-0.05, 0) is 31.8 Å². The maximum absolute atomic E-state index is 11.8. The summed E-state index contributed by atoms with van der Waals surface area (Å²) in [5, 5.41) is 0. The fourth-order valence-electron chi connectivity index (χ4n) is 3.42. The van der Waals surface area contributed by atoms with Gasteiger partial charge in [-0.3, -0.25) is 4.79 Å². The van der Waals surface area contributed by atoms with E-state index in [1.807, 2.05) is 0 Å². The highest BCUT2D eigenvalue weighted by Crippen LogP contribution is 2.47. The van der Waals surface area contributed by atoms with Crippen molar-refractivity contribution in [2.75, 3.05) is 6.61 Å². The highest BCUT2D eigenvalue weighted by molar-refractivity contribution is 5.90. The summed E-state index contributed by atoms with van der Waals surface area (Å²) >= 11 is 0. The Morgan fingerprint density at radius 2 is 2.32 bits per heavy atom. The van der Waals surface area contributed by atoms with Crippen LogP contribution in [0.5, 0.6) is 0 Å². The van der Waals surface area contributed by atoms with E-state index in [0.717, 1.165) is 24.8 Å². The molecule has 0 saturated carbocycles. The summed E-state index contributed by atoms with van der Waals surface area (Å²) in [6, 6.07) is 0. The molecule has 0 N–H and O–H groups in total. The van der Waals surface area contributed by atoms with E-state index in [0.29, 0.717) is 18.6 Å². The molecule has 2 fully saturated rings. The van der Waals surface area contributed by atoms with Crippen molar-refractivity contribution in [1.29, 1.82) is 0 Å². The minimum atomic E-state index is -0.301. The molecule has 5 nitrogen and oxygen atoms in total. The van der Waals surface area contributed by atoms with Crippen LogP contribution in [0.25, 0.3) is 0 Å². The average molecular weight is 306 g/mol. The smallest absolute Gasteiger partial charge is 0.334 e. The Bertz CT molecular complexity index is 549. The molecule has 0 radical (unpaired) electrons. The third-order valence-electron chi connectivity index (χ3n) is 4.91. The van der Waals surface area contributed by atoms with Gasteiger partial charge in [0.2, 0.25) is 0 Å². The number of ether oxygens (including phenoxy) is 3. The van der Waals surface area contributed by atoms with Gasteiger partial charge in [0.05, 0.1) is 11.7 Å². The zero-order valence-electron chi connectivity index (χ0n) is 13.1. The molecule has 5 heteroatoms. The van der Waals surface area contributed by atoms with Crippen LogP contribution < -0.4 is 0 Å². The lowest BCUT2D eigenvalue weighted by molar-refractivity contribution is -0.141. The van der Waals surface area contributed by atoms with Crippen molar-refractivity contribution in [2.45, 2.75) is 57.3 Å². The number of esters is 2. The molecule has 0 aromatic heterocycles. The van der Waals surface area contributed by atoms with Gasteiger partial charge in [-0.25, -0.2) is 4.79 Å². The van der Waals surface area contributed by atoms with Crippen molar-refractivity contribution in [3.63, 3.8) is 0 Å². The van der Waals surface area contributed by atoms with Crippen molar-refractivity contribution < 1.29 is 23.8 Å². The number of hydrogen-bond acceptors (Lipinski definition) is 5. The summed E-state index contributed by atoms with van der Waals surface area (Å²) in [5.74, 6) is -0.600. The molecule has 3 aliphatic rings. The van der Waals surface area contributed by atoms with Crippen LogP contribution in [0.1, 0.15) is 39.5 Å². The Balaban J connectivity index is 1.78. The lowest BCUT2D eigenvalue weighted by Gasteiger charge is -2.20. The molecule has 120 valence electrons. The van der Waals surface area contributed by atoms with Crippen LogP contribution in [0.15, 0.2) is 23.8 Å². The second-order valence-electron chi connectivity index (χ2n) is 6.62. The van der Waals surface area contributed by atoms with Crippen molar-refractivity contribution >= 4 is 11.9 Å². The van der Waals surface area contributed by atoms with Crippen LogP contribution in [0, 0.1) is 5.92 Å². The molecule has 1 aliphatic carbocycles. The number of allylic oxidation sites excluding steroid dienone is 1. The van der Waals surface area contributed by atoms with E-state index in [-0.39, 0.29) is 35.7 Å². The molecule has 3 rings (SSSR count). The van der Waals surface area contributed by atoms with Crippen LogP contribution in [-0.2, 0) is 23.8 Å². The van der Waals surface area contributed by atoms with E-state index < -0.39 is 0 Å². The predicted molar refractivity (Wildman–Crippen MR) is 79.0 cm³/mol. The Kier molecular flexibility index (Phi) is 3.85. The summed E-state index contributed by atoms with van der Waals surface area (Å²) in [5.41, 5.74) is 1.40. The zero-order chi connectivity index (χ0) is 15.9. The lowest BCUT2D eigenvalue weighted by atomic mass is 9.84. The van der Waals surface area contributed by atoms with Gasteiger partial charge >= 0.3 is 11.9 Å². The molecule has 0 bridgehead atoms. The summed E-state index contributed by atoms with van der Waals surface area (Å²) in [6.07, 6.45) is 5.23. The summed E-state index contributed by atoms with van der Waals surface area (Å²) in [6.45, 7) is 7.66. The van der Waals surface area contributed by atoms with E-state index in [2.05, 4.69) is 19.6 Å². The highest BCUT2D eigenvalue weighted by Gasteiger charge is 2.55. The molecular weight excluding hydrogens is 284 g/mol. The summed E-state index contributed by atoms with van der Waals surface area (Å²) < 4.78 is 16.4. The normalized spacial score (nSPS) is 39.9. The van der Waals surface area contributed by atoms with Crippen LogP contribution in [0.3, 0.4) is 0 Å². The Hall–Kier alpha value is -1.62. The van der Waals surface area contributed by atoms with Crippen molar-refractivity contribution in [2.24, 2.45) is 5.92 Å². The number of rotatable bonds is 2. The van der Waals surface area contributed by atoms with E-state index in [1.165, 1.54) is 6.92 Å². The number of hydrogen-bond donors (Lipinski definition) is 0. The van der Waals surface area contributed by atoms with Crippen LogP contribution in [-0.4, -0.2) is 36.4 Å². The second kappa shape index (κ2) is 5.54. The average Bonchev–Trinajstić information content (AvgIpc) is 3.01. The maximum Gasteiger partial charge on any atom is 0.334 e. The Labute approximate surface area is 130 Å². The molecule has 0 aromatic rings. The lowest BCUT2D eigenvalue weighted by Crippen LogP contribution is -2.26. The van der Waals surface area contributed by atoms with Crippen molar-refractivity contribution in [1.82, 2.24) is 0 Å². The van der Waals surface area contributed by atoms with Gasteiger partial charge in [0.1, 0.15) is 12.7 Å². The summed E-state index contributed by atoms with van der Waals surface area (Å²) in [4.78, 5) is 22.8. The van der Waals surface area contributed by atoms with Crippen LogP contribution in [0.2, 0.25) is 0 Å².